The van der Waals surface area contributed by atoms with Crippen molar-refractivity contribution in [3.05, 3.63) is 47.8 Å². The van der Waals surface area contributed by atoms with Crippen LogP contribution < -0.4 is 9.64 Å². The number of hydrogen-bond acceptors (Lipinski definition) is 5. The van der Waals surface area contributed by atoms with Crippen molar-refractivity contribution >= 4 is 11.9 Å². The number of benzene rings is 1. The number of rotatable bonds is 5. The Balaban J connectivity index is 1.50. The molecule has 1 amide bonds. The van der Waals surface area contributed by atoms with E-state index in [1.54, 1.807) is 18.5 Å². The van der Waals surface area contributed by atoms with Crippen LogP contribution in [0.25, 0.3) is 0 Å². The fourth-order valence-corrected chi connectivity index (χ4v) is 3.23. The van der Waals surface area contributed by atoms with E-state index < -0.39 is 0 Å². The monoisotopic (exact) mass is 354 g/mol. The lowest BCUT2D eigenvalue weighted by Crippen LogP contribution is -2.50. The minimum absolute atomic E-state index is 0.0178. The van der Waals surface area contributed by atoms with E-state index in [2.05, 4.69) is 41.7 Å². The quantitative estimate of drug-likeness (QED) is 0.826. The molecule has 6 heteroatoms. The van der Waals surface area contributed by atoms with Gasteiger partial charge in [0, 0.05) is 38.6 Å². The lowest BCUT2D eigenvalue weighted by atomic mass is 9.98. The molecular formula is C20H26N4O2. The second kappa shape index (κ2) is 8.17. The van der Waals surface area contributed by atoms with Gasteiger partial charge in [-0.2, -0.15) is 0 Å². The molecule has 0 bridgehead atoms. The van der Waals surface area contributed by atoms with E-state index in [-0.39, 0.29) is 12.5 Å². The molecule has 1 aliphatic heterocycles. The highest BCUT2D eigenvalue weighted by molar-refractivity contribution is 5.78. The molecule has 0 atom stereocenters. The molecule has 6 nitrogen and oxygen atoms in total. The number of anilines is 1. The zero-order valence-corrected chi connectivity index (χ0v) is 15.7. The van der Waals surface area contributed by atoms with Gasteiger partial charge in [-0.3, -0.25) is 4.79 Å². The molecule has 3 rings (SSSR count). The maximum absolute atomic E-state index is 12.4. The summed E-state index contributed by atoms with van der Waals surface area (Å²) in [7, 11) is 0. The summed E-state index contributed by atoms with van der Waals surface area (Å²) in [5.74, 6) is 1.97. The Morgan fingerprint density at radius 3 is 2.46 bits per heavy atom. The number of aromatic nitrogens is 2. The third-order valence-corrected chi connectivity index (χ3v) is 4.69. The predicted octanol–water partition coefficient (Wildman–Crippen LogP) is 2.64. The Morgan fingerprint density at radius 2 is 1.85 bits per heavy atom. The van der Waals surface area contributed by atoms with Crippen LogP contribution >= 0.6 is 0 Å². The molecule has 0 N–H and O–H groups in total. The van der Waals surface area contributed by atoms with Crippen molar-refractivity contribution in [3.8, 4) is 5.75 Å². The summed E-state index contributed by atoms with van der Waals surface area (Å²) in [5, 5.41) is 0. The third-order valence-electron chi connectivity index (χ3n) is 4.69. The molecule has 138 valence electrons. The van der Waals surface area contributed by atoms with Crippen LogP contribution in [0.1, 0.15) is 30.9 Å². The SMILES string of the molecule is Cc1cc(OCC(=O)N2CCN(c3ncccn3)CC2)ccc1C(C)C. The molecule has 0 radical (unpaired) electrons. The smallest absolute Gasteiger partial charge is 0.260 e. The molecular weight excluding hydrogens is 328 g/mol. The van der Waals surface area contributed by atoms with Crippen LogP contribution in [0.4, 0.5) is 5.95 Å². The van der Waals surface area contributed by atoms with Gasteiger partial charge in [0.1, 0.15) is 5.75 Å². The first-order valence-electron chi connectivity index (χ1n) is 9.07. The van der Waals surface area contributed by atoms with Gasteiger partial charge in [-0.25, -0.2) is 9.97 Å². The summed E-state index contributed by atoms with van der Waals surface area (Å²) in [6, 6.07) is 7.84. The van der Waals surface area contributed by atoms with Crippen molar-refractivity contribution in [3.63, 3.8) is 0 Å². The molecule has 1 saturated heterocycles. The number of aryl methyl sites for hydroxylation is 1. The van der Waals surface area contributed by atoms with Crippen molar-refractivity contribution in [2.45, 2.75) is 26.7 Å². The molecule has 1 aromatic heterocycles. The van der Waals surface area contributed by atoms with Crippen molar-refractivity contribution in [1.82, 2.24) is 14.9 Å². The average Bonchev–Trinajstić information content (AvgIpc) is 2.66. The molecule has 2 aromatic rings. The number of carbonyl (C=O) groups is 1. The lowest BCUT2D eigenvalue weighted by molar-refractivity contribution is -0.133. The summed E-state index contributed by atoms with van der Waals surface area (Å²) >= 11 is 0. The van der Waals surface area contributed by atoms with Gasteiger partial charge in [-0.15, -0.1) is 0 Å². The minimum atomic E-state index is 0.0178. The zero-order valence-electron chi connectivity index (χ0n) is 15.7. The summed E-state index contributed by atoms with van der Waals surface area (Å²) in [6.07, 6.45) is 3.47. The molecule has 0 aliphatic carbocycles. The van der Waals surface area contributed by atoms with Crippen LogP contribution in [0.5, 0.6) is 5.75 Å². The Hall–Kier alpha value is -2.63. The standard InChI is InChI=1S/C20H26N4O2/c1-15(2)18-6-5-17(13-16(18)3)26-14-19(25)23-9-11-24(12-10-23)20-21-7-4-8-22-20/h4-8,13,15H,9-12,14H2,1-3H3. The van der Waals surface area contributed by atoms with E-state index >= 15 is 0 Å². The fraction of sp³-hybridized carbons (Fsp3) is 0.450. The average molecular weight is 354 g/mol. The van der Waals surface area contributed by atoms with Crippen molar-refractivity contribution in [1.29, 1.82) is 0 Å². The number of carbonyl (C=O) groups excluding carboxylic acids is 1. The maximum atomic E-state index is 12.4. The highest BCUT2D eigenvalue weighted by Gasteiger charge is 2.22. The lowest BCUT2D eigenvalue weighted by Gasteiger charge is -2.34. The summed E-state index contributed by atoms with van der Waals surface area (Å²) < 4.78 is 5.72. The van der Waals surface area contributed by atoms with Crippen LogP contribution in [-0.2, 0) is 4.79 Å². The van der Waals surface area contributed by atoms with E-state index in [9.17, 15) is 4.79 Å². The Morgan fingerprint density at radius 1 is 1.15 bits per heavy atom. The van der Waals surface area contributed by atoms with E-state index in [1.165, 1.54) is 11.1 Å². The largest absolute Gasteiger partial charge is 0.484 e. The van der Waals surface area contributed by atoms with Crippen LogP contribution in [0.15, 0.2) is 36.7 Å². The van der Waals surface area contributed by atoms with Crippen LogP contribution in [0, 0.1) is 6.92 Å². The molecule has 1 aliphatic rings. The Labute approximate surface area is 154 Å². The predicted molar refractivity (Wildman–Crippen MR) is 102 cm³/mol. The first kappa shape index (κ1) is 18.2. The summed E-state index contributed by atoms with van der Waals surface area (Å²) in [5.41, 5.74) is 2.50. The van der Waals surface area contributed by atoms with Gasteiger partial charge in [0.05, 0.1) is 0 Å². The van der Waals surface area contributed by atoms with E-state index in [4.69, 9.17) is 4.74 Å². The Bertz CT molecular complexity index is 741. The molecule has 2 heterocycles. The van der Waals surface area contributed by atoms with Gasteiger partial charge in [-0.05, 0) is 42.2 Å². The van der Waals surface area contributed by atoms with Gasteiger partial charge in [0.2, 0.25) is 5.95 Å². The van der Waals surface area contributed by atoms with Gasteiger partial charge in [-0.1, -0.05) is 19.9 Å². The second-order valence-electron chi connectivity index (χ2n) is 6.88. The first-order chi connectivity index (χ1) is 12.5. The summed E-state index contributed by atoms with van der Waals surface area (Å²) in [6.45, 7) is 9.28. The highest BCUT2D eigenvalue weighted by Crippen LogP contribution is 2.23. The molecule has 1 fully saturated rings. The number of piperazine rings is 1. The number of hydrogen-bond donors (Lipinski definition) is 0. The number of amides is 1. The molecule has 26 heavy (non-hydrogen) atoms. The van der Waals surface area contributed by atoms with Gasteiger partial charge in [0.25, 0.3) is 5.91 Å². The maximum Gasteiger partial charge on any atom is 0.260 e. The molecule has 0 saturated carbocycles. The summed E-state index contributed by atoms with van der Waals surface area (Å²) in [4.78, 5) is 24.9. The topological polar surface area (TPSA) is 58.6 Å². The van der Waals surface area contributed by atoms with Crippen molar-refractivity contribution in [2.75, 3.05) is 37.7 Å². The van der Waals surface area contributed by atoms with Crippen molar-refractivity contribution < 1.29 is 9.53 Å². The first-order valence-corrected chi connectivity index (χ1v) is 9.07. The van der Waals surface area contributed by atoms with E-state index in [1.807, 2.05) is 17.0 Å². The molecule has 0 unspecified atom stereocenters. The fourth-order valence-electron chi connectivity index (χ4n) is 3.23. The van der Waals surface area contributed by atoms with E-state index in [0.717, 1.165) is 24.8 Å². The van der Waals surface area contributed by atoms with Crippen LogP contribution in [-0.4, -0.2) is 53.6 Å². The normalized spacial score (nSPS) is 14.6. The zero-order chi connectivity index (χ0) is 18.5. The highest BCUT2D eigenvalue weighted by atomic mass is 16.5. The van der Waals surface area contributed by atoms with Gasteiger partial charge >= 0.3 is 0 Å². The number of nitrogens with zero attached hydrogens (tertiary/aromatic N) is 4. The third kappa shape index (κ3) is 4.31. The van der Waals surface area contributed by atoms with Crippen LogP contribution in [0.3, 0.4) is 0 Å². The molecule has 0 spiro atoms. The van der Waals surface area contributed by atoms with Gasteiger partial charge < -0.3 is 14.5 Å². The van der Waals surface area contributed by atoms with Gasteiger partial charge in [0.15, 0.2) is 6.61 Å². The van der Waals surface area contributed by atoms with Crippen molar-refractivity contribution in [2.24, 2.45) is 0 Å². The Kier molecular flexibility index (Phi) is 5.71. The van der Waals surface area contributed by atoms with E-state index in [0.29, 0.717) is 19.0 Å². The molecule has 1 aromatic carbocycles. The minimum Gasteiger partial charge on any atom is -0.484 e. The van der Waals surface area contributed by atoms with Crippen LogP contribution in [0.2, 0.25) is 0 Å². The second-order valence-corrected chi connectivity index (χ2v) is 6.88. The number of ether oxygens (including phenoxy) is 1.